The van der Waals surface area contributed by atoms with Crippen LogP contribution in [0.5, 0.6) is 0 Å². The quantitative estimate of drug-likeness (QED) is 0.151. The summed E-state index contributed by atoms with van der Waals surface area (Å²) in [6.07, 6.45) is 0. The highest BCUT2D eigenvalue weighted by Crippen LogP contribution is 2.52. The molecule has 0 radical (unpaired) electrons. The van der Waals surface area contributed by atoms with E-state index in [1.165, 1.54) is 43.1 Å². The van der Waals surface area contributed by atoms with Crippen LogP contribution in [0, 0.1) is 0 Å². The smallest absolute Gasteiger partial charge is 0.0547 e. The molecule has 0 bridgehead atoms. The van der Waals surface area contributed by atoms with Gasteiger partial charge in [0.05, 0.1) is 34.1 Å². The zero-order valence-electron chi connectivity index (χ0n) is 35.1. The first-order valence-electron chi connectivity index (χ1n) is 22.0. The molecule has 0 spiro atoms. The van der Waals surface area contributed by atoms with Gasteiger partial charge in [-0.2, -0.15) is 0 Å². The van der Waals surface area contributed by atoms with Gasteiger partial charge in [-0.25, -0.2) is 0 Å². The molecule has 0 unspecified atom stereocenters. The topological polar surface area (TPSA) is 6.48 Å². The van der Waals surface area contributed by atoms with E-state index in [0.29, 0.717) is 0 Å². The van der Waals surface area contributed by atoms with Gasteiger partial charge in [-0.3, -0.25) is 0 Å². The lowest BCUT2D eigenvalue weighted by molar-refractivity contribution is 1.31. The Bertz CT molecular complexity index is 3510. The van der Waals surface area contributed by atoms with Gasteiger partial charge in [0.2, 0.25) is 0 Å². The lowest BCUT2D eigenvalue weighted by Gasteiger charge is -2.32. The molecule has 300 valence electrons. The SMILES string of the molecule is c1ccc(-c2cc3ccc(N(c4cccc5ccccc45)c4cccc5ccccc45)c(-c4ccccc4)c3cc2N(c2cccc3ccccc23)c2cccc3ccccc23)cc1. The normalized spacial score (nSPS) is 11.4. The fraction of sp³-hybridized carbons (Fsp3) is 0. The van der Waals surface area contributed by atoms with Crippen LogP contribution < -0.4 is 9.80 Å². The lowest BCUT2D eigenvalue weighted by Crippen LogP contribution is -2.14. The summed E-state index contributed by atoms with van der Waals surface area (Å²) in [5.74, 6) is 0. The van der Waals surface area contributed by atoms with Gasteiger partial charge in [0.1, 0.15) is 0 Å². The van der Waals surface area contributed by atoms with E-state index in [4.69, 9.17) is 0 Å². The van der Waals surface area contributed by atoms with Crippen molar-refractivity contribution in [3.05, 3.63) is 255 Å². The number of hydrogen-bond acceptors (Lipinski definition) is 2. The summed E-state index contributed by atoms with van der Waals surface area (Å²) in [5.41, 5.74) is 11.3. The average Bonchev–Trinajstić information content (AvgIpc) is 3.37. The molecule has 0 saturated heterocycles. The van der Waals surface area contributed by atoms with Crippen LogP contribution >= 0.6 is 0 Å². The van der Waals surface area contributed by atoms with E-state index in [2.05, 4.69) is 265 Å². The third kappa shape index (κ3) is 6.35. The summed E-state index contributed by atoms with van der Waals surface area (Å²) >= 11 is 0. The maximum atomic E-state index is 2.51. The maximum Gasteiger partial charge on any atom is 0.0547 e. The van der Waals surface area contributed by atoms with Gasteiger partial charge < -0.3 is 9.80 Å². The molecule has 12 rings (SSSR count). The Labute approximate surface area is 373 Å². The third-order valence-corrected chi connectivity index (χ3v) is 12.8. The Kier molecular flexibility index (Phi) is 9.20. The number of rotatable bonds is 8. The Morgan fingerprint density at radius 1 is 0.203 bits per heavy atom. The van der Waals surface area contributed by atoms with Crippen molar-refractivity contribution in [3.8, 4) is 22.3 Å². The van der Waals surface area contributed by atoms with Crippen LogP contribution in [0.25, 0.3) is 76.1 Å². The van der Waals surface area contributed by atoms with Gasteiger partial charge >= 0.3 is 0 Å². The molecule has 12 aromatic carbocycles. The summed E-state index contributed by atoms with van der Waals surface area (Å²) in [7, 11) is 0. The molecule has 0 aliphatic rings. The molecular formula is C62H42N2. The van der Waals surface area contributed by atoms with Crippen molar-refractivity contribution in [3.63, 3.8) is 0 Å². The predicted molar refractivity (Wildman–Crippen MR) is 274 cm³/mol. The van der Waals surface area contributed by atoms with Crippen molar-refractivity contribution >= 4 is 88.0 Å². The number of hydrogen-bond donors (Lipinski definition) is 0. The van der Waals surface area contributed by atoms with Crippen LogP contribution in [0.2, 0.25) is 0 Å². The standard InChI is InChI=1S/C62H42N2/c1-3-19-47(20-4-1)54-41-49-39-40-60(63(56-35-15-27-43-21-7-11-31-50(43)56)57-36-16-28-44-22-8-12-32-51(44)57)62(48-25-5-2-6-26-48)55(49)42-61(54)64(58-37-17-29-45-23-9-13-33-52(45)58)59-38-18-30-46-24-10-14-34-53(46)59/h1-42H. The van der Waals surface area contributed by atoms with Crippen LogP contribution in [0.4, 0.5) is 34.1 Å². The predicted octanol–water partition coefficient (Wildman–Crippen LogP) is 17.7. The minimum atomic E-state index is 1.10. The highest BCUT2D eigenvalue weighted by molar-refractivity contribution is 6.14. The van der Waals surface area contributed by atoms with Crippen LogP contribution in [0.3, 0.4) is 0 Å². The molecule has 2 nitrogen and oxygen atoms in total. The molecule has 0 aliphatic carbocycles. The molecular weight excluding hydrogens is 773 g/mol. The first-order chi connectivity index (χ1) is 31.8. The van der Waals surface area contributed by atoms with Crippen LogP contribution in [0.15, 0.2) is 255 Å². The van der Waals surface area contributed by atoms with Gasteiger partial charge in [-0.15, -0.1) is 0 Å². The molecule has 0 atom stereocenters. The molecule has 12 aromatic rings. The molecule has 0 amide bonds. The Balaban J connectivity index is 1.24. The largest absolute Gasteiger partial charge is 0.309 e. The van der Waals surface area contributed by atoms with Crippen molar-refractivity contribution in [2.75, 3.05) is 9.80 Å². The first-order valence-corrected chi connectivity index (χ1v) is 22.0. The van der Waals surface area contributed by atoms with Crippen molar-refractivity contribution in [1.29, 1.82) is 0 Å². The third-order valence-electron chi connectivity index (χ3n) is 12.8. The van der Waals surface area contributed by atoms with E-state index in [1.54, 1.807) is 0 Å². The molecule has 0 heterocycles. The first kappa shape index (κ1) is 37.3. The zero-order chi connectivity index (χ0) is 42.4. The Morgan fingerprint density at radius 2 is 0.562 bits per heavy atom. The van der Waals surface area contributed by atoms with E-state index in [0.717, 1.165) is 67.2 Å². The molecule has 0 aromatic heterocycles. The summed E-state index contributed by atoms with van der Waals surface area (Å²) in [5, 5.41) is 11.9. The van der Waals surface area contributed by atoms with Crippen LogP contribution in [-0.2, 0) is 0 Å². The second kappa shape index (κ2) is 15.8. The van der Waals surface area contributed by atoms with E-state index in [-0.39, 0.29) is 0 Å². The van der Waals surface area contributed by atoms with Crippen molar-refractivity contribution < 1.29 is 0 Å². The van der Waals surface area contributed by atoms with E-state index in [9.17, 15) is 0 Å². The molecule has 0 aliphatic heterocycles. The highest BCUT2D eigenvalue weighted by atomic mass is 15.2. The van der Waals surface area contributed by atoms with E-state index < -0.39 is 0 Å². The fourth-order valence-electron chi connectivity index (χ4n) is 9.87. The summed E-state index contributed by atoms with van der Waals surface area (Å²) < 4.78 is 0. The van der Waals surface area contributed by atoms with Gasteiger partial charge in [0.25, 0.3) is 0 Å². The minimum absolute atomic E-state index is 1.10. The molecule has 0 N–H and O–H groups in total. The maximum absolute atomic E-state index is 2.51. The minimum Gasteiger partial charge on any atom is -0.309 e. The Hall–Kier alpha value is -8.46. The van der Waals surface area contributed by atoms with Crippen molar-refractivity contribution in [1.82, 2.24) is 0 Å². The second-order valence-corrected chi connectivity index (χ2v) is 16.4. The van der Waals surface area contributed by atoms with Gasteiger partial charge in [0, 0.05) is 32.7 Å². The number of fused-ring (bicyclic) bond motifs is 5. The Morgan fingerprint density at radius 3 is 1.00 bits per heavy atom. The fourth-order valence-corrected chi connectivity index (χ4v) is 9.87. The molecule has 0 saturated carbocycles. The van der Waals surface area contributed by atoms with Gasteiger partial charge in [-0.1, -0.05) is 212 Å². The van der Waals surface area contributed by atoms with Crippen LogP contribution in [0.1, 0.15) is 0 Å². The number of benzene rings is 12. The highest BCUT2D eigenvalue weighted by Gasteiger charge is 2.26. The summed E-state index contributed by atoms with van der Waals surface area (Å²) in [6.45, 7) is 0. The average molecular weight is 815 g/mol. The van der Waals surface area contributed by atoms with E-state index >= 15 is 0 Å². The summed E-state index contributed by atoms with van der Waals surface area (Å²) in [6, 6.07) is 93.1. The van der Waals surface area contributed by atoms with Crippen molar-refractivity contribution in [2.24, 2.45) is 0 Å². The monoisotopic (exact) mass is 814 g/mol. The summed E-state index contributed by atoms with van der Waals surface area (Å²) in [4.78, 5) is 5.02. The van der Waals surface area contributed by atoms with E-state index in [1.807, 2.05) is 0 Å². The number of nitrogens with zero attached hydrogens (tertiary/aromatic N) is 2. The molecule has 0 fully saturated rings. The van der Waals surface area contributed by atoms with Gasteiger partial charge in [0.15, 0.2) is 0 Å². The second-order valence-electron chi connectivity index (χ2n) is 16.4. The van der Waals surface area contributed by atoms with Crippen LogP contribution in [-0.4, -0.2) is 0 Å². The van der Waals surface area contributed by atoms with Crippen molar-refractivity contribution in [2.45, 2.75) is 0 Å². The molecule has 2 heteroatoms. The number of anilines is 6. The lowest BCUT2D eigenvalue weighted by atomic mass is 9.90. The van der Waals surface area contributed by atoms with Gasteiger partial charge in [-0.05, 0) is 85.9 Å². The zero-order valence-corrected chi connectivity index (χ0v) is 35.1. The molecule has 64 heavy (non-hydrogen) atoms.